The summed E-state index contributed by atoms with van der Waals surface area (Å²) in [7, 11) is 1.31. The number of rotatable bonds is 3. The van der Waals surface area contributed by atoms with Crippen LogP contribution in [-0.4, -0.2) is 14.8 Å². The Balaban J connectivity index is 2.45. The van der Waals surface area contributed by atoms with Gasteiger partial charge in [0.05, 0.1) is 10.3 Å². The quantitative estimate of drug-likeness (QED) is 0.789. The minimum atomic E-state index is -3.86. The smallest absolute Gasteiger partial charge is 0.210 e. The largest absolute Gasteiger partial charge is 0.261 e. The average molecular weight is 267 g/mol. The lowest BCUT2D eigenvalue weighted by Crippen LogP contribution is -2.17. The van der Waals surface area contributed by atoms with Crippen LogP contribution in [-0.2, 0) is 14.5 Å². The van der Waals surface area contributed by atoms with Crippen LogP contribution in [0.2, 0.25) is 0 Å². The summed E-state index contributed by atoms with van der Waals surface area (Å²) < 4.78 is 47.8. The molecule has 0 radical (unpaired) electrons. The molecule has 1 aliphatic rings. The van der Waals surface area contributed by atoms with Crippen LogP contribution in [0.1, 0.15) is 18.4 Å². The molecule has 6 heteroatoms. The van der Waals surface area contributed by atoms with Crippen LogP contribution in [0.3, 0.4) is 0 Å². The van der Waals surface area contributed by atoms with Crippen molar-refractivity contribution in [2.75, 3.05) is 0 Å². The maximum Gasteiger partial charge on any atom is 0.261 e. The van der Waals surface area contributed by atoms with E-state index >= 15 is 0 Å². The summed E-state index contributed by atoms with van der Waals surface area (Å²) >= 11 is 0. The van der Waals surface area contributed by atoms with Gasteiger partial charge in [-0.15, -0.1) is 0 Å². The molecule has 88 valence electrons. The monoisotopic (exact) mass is 266 g/mol. The number of alkyl halides is 2. The lowest BCUT2D eigenvalue weighted by Gasteiger charge is -2.14. The molecule has 0 saturated heterocycles. The van der Waals surface area contributed by atoms with Crippen LogP contribution in [0.25, 0.3) is 0 Å². The Morgan fingerprint density at radius 3 is 2.38 bits per heavy atom. The molecule has 1 aromatic rings. The highest BCUT2D eigenvalue weighted by atomic mass is 35.7. The molecular formula is C10H9ClF2O2S. The third kappa shape index (κ3) is 1.94. The first kappa shape index (κ1) is 11.8. The average Bonchev–Trinajstić information content (AvgIpc) is 2.97. The van der Waals surface area contributed by atoms with Gasteiger partial charge in [0.15, 0.2) is 0 Å². The summed E-state index contributed by atoms with van der Waals surface area (Å²) in [5, 5.41) is 0. The van der Waals surface area contributed by atoms with Gasteiger partial charge in [-0.3, -0.25) is 0 Å². The van der Waals surface area contributed by atoms with E-state index in [4.69, 9.17) is 10.7 Å². The fourth-order valence-corrected chi connectivity index (χ4v) is 2.52. The number of hydrogen-bond acceptors (Lipinski definition) is 2. The van der Waals surface area contributed by atoms with Crippen LogP contribution in [0.15, 0.2) is 29.2 Å². The molecule has 0 unspecified atom stereocenters. The molecule has 1 aliphatic carbocycles. The number of halogens is 3. The minimum absolute atomic E-state index is 0.126. The van der Waals surface area contributed by atoms with Gasteiger partial charge in [-0.25, -0.2) is 17.2 Å². The van der Waals surface area contributed by atoms with Crippen molar-refractivity contribution >= 4 is 19.7 Å². The summed E-state index contributed by atoms with van der Waals surface area (Å²) in [5.41, 5.74) is -0.804. The Labute approximate surface area is 96.6 Å². The van der Waals surface area contributed by atoms with Crippen LogP contribution < -0.4 is 0 Å². The van der Waals surface area contributed by atoms with Crippen LogP contribution >= 0.6 is 10.7 Å². The van der Waals surface area contributed by atoms with E-state index in [0.29, 0.717) is 18.4 Å². The maximum atomic E-state index is 12.8. The molecule has 0 aromatic heterocycles. The van der Waals surface area contributed by atoms with Crippen LogP contribution in [0, 0.1) is 0 Å². The first-order valence-corrected chi connectivity index (χ1v) is 7.00. The SMILES string of the molecule is O=S(=O)(Cl)c1cccc(C2(C(F)F)CC2)c1. The first-order chi connectivity index (χ1) is 7.36. The minimum Gasteiger partial charge on any atom is -0.210 e. The Kier molecular flexibility index (Phi) is 2.70. The topological polar surface area (TPSA) is 34.1 Å². The fourth-order valence-electron chi connectivity index (χ4n) is 1.73. The van der Waals surface area contributed by atoms with Gasteiger partial charge in [0.25, 0.3) is 9.05 Å². The van der Waals surface area contributed by atoms with Crippen molar-refractivity contribution in [3.05, 3.63) is 29.8 Å². The van der Waals surface area contributed by atoms with Gasteiger partial charge >= 0.3 is 0 Å². The van der Waals surface area contributed by atoms with E-state index < -0.39 is 20.9 Å². The summed E-state index contributed by atoms with van der Waals surface area (Å²) in [6.45, 7) is 0. The van der Waals surface area contributed by atoms with Crippen molar-refractivity contribution in [3.8, 4) is 0 Å². The Morgan fingerprint density at radius 1 is 1.31 bits per heavy atom. The molecular weight excluding hydrogens is 258 g/mol. The molecule has 0 amide bonds. The van der Waals surface area contributed by atoms with Crippen molar-refractivity contribution in [2.45, 2.75) is 29.6 Å². The molecule has 1 fully saturated rings. The first-order valence-electron chi connectivity index (χ1n) is 4.70. The zero-order chi connectivity index (χ0) is 12.0. The van der Waals surface area contributed by atoms with Gasteiger partial charge in [-0.05, 0) is 30.5 Å². The third-order valence-electron chi connectivity index (χ3n) is 2.90. The molecule has 2 nitrogen and oxygen atoms in total. The Morgan fingerprint density at radius 2 is 1.94 bits per heavy atom. The molecule has 16 heavy (non-hydrogen) atoms. The van der Waals surface area contributed by atoms with Gasteiger partial charge < -0.3 is 0 Å². The van der Waals surface area contributed by atoms with Crippen molar-refractivity contribution in [1.82, 2.24) is 0 Å². The highest BCUT2D eigenvalue weighted by molar-refractivity contribution is 8.13. The van der Waals surface area contributed by atoms with Crippen molar-refractivity contribution < 1.29 is 17.2 Å². The van der Waals surface area contributed by atoms with E-state index in [-0.39, 0.29) is 4.90 Å². The van der Waals surface area contributed by atoms with Gasteiger partial charge in [0.1, 0.15) is 0 Å². The van der Waals surface area contributed by atoms with Crippen LogP contribution in [0.5, 0.6) is 0 Å². The molecule has 0 aliphatic heterocycles. The van der Waals surface area contributed by atoms with Gasteiger partial charge in [0.2, 0.25) is 6.43 Å². The normalized spacial score (nSPS) is 18.8. The summed E-state index contributed by atoms with van der Waals surface area (Å²) in [4.78, 5) is -0.126. The van der Waals surface area contributed by atoms with E-state index in [1.54, 1.807) is 0 Å². The standard InChI is InChI=1S/C10H9ClF2O2S/c11-16(14,15)8-3-1-2-7(6-8)10(4-5-10)9(12)13/h1-3,6,9H,4-5H2. The predicted molar refractivity (Wildman–Crippen MR) is 56.4 cm³/mol. The maximum absolute atomic E-state index is 12.8. The molecule has 0 atom stereocenters. The van der Waals surface area contributed by atoms with E-state index in [0.717, 1.165) is 0 Å². The van der Waals surface area contributed by atoms with E-state index in [1.165, 1.54) is 24.3 Å². The zero-order valence-electron chi connectivity index (χ0n) is 8.16. The number of hydrogen-bond donors (Lipinski definition) is 0. The summed E-state index contributed by atoms with van der Waals surface area (Å²) in [5.74, 6) is 0. The molecule has 0 spiro atoms. The molecule has 1 saturated carbocycles. The van der Waals surface area contributed by atoms with Gasteiger partial charge in [-0.2, -0.15) is 0 Å². The second-order valence-electron chi connectivity index (χ2n) is 3.92. The van der Waals surface area contributed by atoms with Crippen molar-refractivity contribution in [3.63, 3.8) is 0 Å². The van der Waals surface area contributed by atoms with E-state index in [1.807, 2.05) is 0 Å². The summed E-state index contributed by atoms with van der Waals surface area (Å²) in [6, 6.07) is 5.49. The lowest BCUT2D eigenvalue weighted by molar-refractivity contribution is 0.102. The molecule has 0 bridgehead atoms. The molecule has 0 heterocycles. The lowest BCUT2D eigenvalue weighted by atomic mass is 9.97. The third-order valence-corrected chi connectivity index (χ3v) is 4.25. The second kappa shape index (κ2) is 3.67. The number of benzene rings is 1. The van der Waals surface area contributed by atoms with Crippen molar-refractivity contribution in [2.24, 2.45) is 0 Å². The fraction of sp³-hybridized carbons (Fsp3) is 0.400. The van der Waals surface area contributed by atoms with Crippen molar-refractivity contribution in [1.29, 1.82) is 0 Å². The van der Waals surface area contributed by atoms with Gasteiger partial charge in [-0.1, -0.05) is 12.1 Å². The van der Waals surface area contributed by atoms with E-state index in [9.17, 15) is 17.2 Å². The Hall–Kier alpha value is -0.680. The summed E-state index contributed by atoms with van der Waals surface area (Å²) in [6.07, 6.45) is -1.70. The second-order valence-corrected chi connectivity index (χ2v) is 6.49. The molecule has 0 N–H and O–H groups in total. The van der Waals surface area contributed by atoms with E-state index in [2.05, 4.69) is 0 Å². The highest BCUT2D eigenvalue weighted by Crippen LogP contribution is 2.52. The predicted octanol–water partition coefficient (Wildman–Crippen LogP) is 2.91. The van der Waals surface area contributed by atoms with Crippen LogP contribution in [0.4, 0.5) is 8.78 Å². The Bertz CT molecular complexity index is 509. The highest BCUT2D eigenvalue weighted by Gasteiger charge is 2.52. The molecule has 1 aromatic carbocycles. The molecule has 2 rings (SSSR count). The van der Waals surface area contributed by atoms with Gasteiger partial charge in [0, 0.05) is 10.7 Å². The zero-order valence-corrected chi connectivity index (χ0v) is 9.73.